The highest BCUT2D eigenvalue weighted by Gasteiger charge is 2.26. The van der Waals surface area contributed by atoms with Crippen LogP contribution in [0.3, 0.4) is 0 Å². The number of carbonyl (C=O) groups excluding carboxylic acids is 1. The number of hydrogen-bond acceptors (Lipinski definition) is 3. The molecule has 3 aromatic carbocycles. The zero-order valence-electron chi connectivity index (χ0n) is 13.3. The van der Waals surface area contributed by atoms with Crippen LogP contribution in [0.25, 0.3) is 33.9 Å². The van der Waals surface area contributed by atoms with Crippen LogP contribution in [0.4, 0.5) is 0 Å². The first-order valence-electron chi connectivity index (χ1n) is 8.11. The molecule has 0 aliphatic heterocycles. The molecular weight excluding hydrogens is 310 g/mol. The third-order valence-corrected chi connectivity index (χ3v) is 4.54. The minimum Gasteiger partial charge on any atom is -0.436 e. The summed E-state index contributed by atoms with van der Waals surface area (Å²) in [5, 5.41) is 0. The second-order valence-corrected chi connectivity index (χ2v) is 6.03. The molecule has 4 aromatic rings. The Labute approximate surface area is 144 Å². The van der Waals surface area contributed by atoms with E-state index in [2.05, 4.69) is 4.98 Å². The van der Waals surface area contributed by atoms with Gasteiger partial charge in [0.1, 0.15) is 0 Å². The minimum absolute atomic E-state index is 0.0577. The molecular formula is C22H13NO2. The van der Waals surface area contributed by atoms with E-state index in [4.69, 9.17) is 4.42 Å². The van der Waals surface area contributed by atoms with Gasteiger partial charge in [0.05, 0.1) is 6.20 Å². The third-order valence-electron chi connectivity index (χ3n) is 4.54. The molecule has 0 N–H and O–H groups in total. The summed E-state index contributed by atoms with van der Waals surface area (Å²) < 4.78 is 5.91. The number of benzene rings is 3. The van der Waals surface area contributed by atoms with Gasteiger partial charge in [-0.15, -0.1) is 0 Å². The largest absolute Gasteiger partial charge is 0.436 e. The number of fused-ring (bicyclic) bond motifs is 3. The SMILES string of the molecule is O=C1c2ccccc2-c2ccc(-c3ncc(-c4ccccc4)o3)cc21. The van der Waals surface area contributed by atoms with Crippen molar-refractivity contribution in [3.05, 3.63) is 90.1 Å². The zero-order chi connectivity index (χ0) is 16.8. The van der Waals surface area contributed by atoms with E-state index in [0.717, 1.165) is 27.8 Å². The van der Waals surface area contributed by atoms with Crippen molar-refractivity contribution in [2.24, 2.45) is 0 Å². The maximum Gasteiger partial charge on any atom is 0.226 e. The predicted octanol–water partition coefficient (Wildman–Crippen LogP) is 5.22. The van der Waals surface area contributed by atoms with E-state index in [1.54, 1.807) is 6.20 Å². The second kappa shape index (κ2) is 5.28. The molecule has 0 spiro atoms. The van der Waals surface area contributed by atoms with Gasteiger partial charge in [0.2, 0.25) is 5.89 Å². The number of hydrogen-bond donors (Lipinski definition) is 0. The van der Waals surface area contributed by atoms with Crippen LogP contribution in [0, 0.1) is 0 Å². The molecule has 3 nitrogen and oxygen atoms in total. The summed E-state index contributed by atoms with van der Waals surface area (Å²) in [4.78, 5) is 17.0. The number of ketones is 1. The molecule has 0 saturated carbocycles. The number of rotatable bonds is 2. The molecule has 1 heterocycles. The van der Waals surface area contributed by atoms with Crippen LogP contribution >= 0.6 is 0 Å². The number of oxazole rings is 1. The van der Waals surface area contributed by atoms with Gasteiger partial charge in [0.25, 0.3) is 0 Å². The second-order valence-electron chi connectivity index (χ2n) is 6.03. The van der Waals surface area contributed by atoms with Gasteiger partial charge in [-0.05, 0) is 23.3 Å². The molecule has 1 aliphatic rings. The van der Waals surface area contributed by atoms with Crippen molar-refractivity contribution in [1.29, 1.82) is 0 Å². The van der Waals surface area contributed by atoms with Crippen LogP contribution in [0.15, 0.2) is 83.4 Å². The third kappa shape index (κ3) is 2.13. The molecule has 0 atom stereocenters. The van der Waals surface area contributed by atoms with Gasteiger partial charge in [0.15, 0.2) is 11.5 Å². The van der Waals surface area contributed by atoms with Crippen LogP contribution in [0.5, 0.6) is 0 Å². The van der Waals surface area contributed by atoms with Crippen LogP contribution < -0.4 is 0 Å². The minimum atomic E-state index is 0.0577. The lowest BCUT2D eigenvalue weighted by molar-refractivity contribution is 0.104. The van der Waals surface area contributed by atoms with E-state index in [0.29, 0.717) is 17.2 Å². The smallest absolute Gasteiger partial charge is 0.226 e. The molecule has 0 amide bonds. The lowest BCUT2D eigenvalue weighted by Gasteiger charge is -2.01. The van der Waals surface area contributed by atoms with Crippen molar-refractivity contribution < 1.29 is 9.21 Å². The highest BCUT2D eigenvalue weighted by Crippen LogP contribution is 2.38. The molecule has 25 heavy (non-hydrogen) atoms. The maximum absolute atomic E-state index is 12.6. The number of carbonyl (C=O) groups is 1. The Hall–Kier alpha value is -3.46. The fourth-order valence-corrected chi connectivity index (χ4v) is 3.30. The summed E-state index contributed by atoms with van der Waals surface area (Å²) in [7, 11) is 0. The van der Waals surface area contributed by atoms with Crippen LogP contribution in [-0.2, 0) is 0 Å². The summed E-state index contributed by atoms with van der Waals surface area (Å²) in [6.45, 7) is 0. The first-order chi connectivity index (χ1) is 12.3. The summed E-state index contributed by atoms with van der Waals surface area (Å²) in [6, 6.07) is 23.3. The normalized spacial score (nSPS) is 12.1. The Balaban J connectivity index is 1.58. The summed E-state index contributed by atoms with van der Waals surface area (Å²) >= 11 is 0. The van der Waals surface area contributed by atoms with Gasteiger partial charge in [-0.3, -0.25) is 4.79 Å². The van der Waals surface area contributed by atoms with Crippen molar-refractivity contribution in [2.75, 3.05) is 0 Å². The molecule has 0 unspecified atom stereocenters. The van der Waals surface area contributed by atoms with Gasteiger partial charge < -0.3 is 4.42 Å². The Morgan fingerprint density at radius 2 is 1.40 bits per heavy atom. The lowest BCUT2D eigenvalue weighted by Crippen LogP contribution is -1.95. The topological polar surface area (TPSA) is 43.1 Å². The Kier molecular flexibility index (Phi) is 2.94. The zero-order valence-corrected chi connectivity index (χ0v) is 13.3. The van der Waals surface area contributed by atoms with Crippen LogP contribution in [0.1, 0.15) is 15.9 Å². The summed E-state index contributed by atoms with van der Waals surface area (Å²) in [5.41, 5.74) is 5.21. The molecule has 0 saturated heterocycles. The van der Waals surface area contributed by atoms with E-state index in [1.165, 1.54) is 0 Å². The van der Waals surface area contributed by atoms with Gasteiger partial charge in [0, 0.05) is 22.3 Å². The molecule has 0 radical (unpaired) electrons. The van der Waals surface area contributed by atoms with Gasteiger partial charge in [-0.2, -0.15) is 0 Å². The van der Waals surface area contributed by atoms with Crippen molar-refractivity contribution in [1.82, 2.24) is 4.98 Å². The monoisotopic (exact) mass is 323 g/mol. The molecule has 1 aromatic heterocycles. The lowest BCUT2D eigenvalue weighted by atomic mass is 10.0. The van der Waals surface area contributed by atoms with Crippen molar-refractivity contribution in [3.8, 4) is 33.9 Å². The average molecular weight is 323 g/mol. The first-order valence-corrected chi connectivity index (χ1v) is 8.11. The Morgan fingerprint density at radius 3 is 2.24 bits per heavy atom. The van der Waals surface area contributed by atoms with Crippen LogP contribution in [-0.4, -0.2) is 10.8 Å². The highest BCUT2D eigenvalue weighted by atomic mass is 16.4. The quantitative estimate of drug-likeness (QED) is 0.447. The predicted molar refractivity (Wildman–Crippen MR) is 96.2 cm³/mol. The summed E-state index contributed by atoms with van der Waals surface area (Å²) in [6.07, 6.45) is 1.72. The fraction of sp³-hybridized carbons (Fsp3) is 0. The molecule has 0 fully saturated rings. The van der Waals surface area contributed by atoms with E-state index < -0.39 is 0 Å². The molecule has 1 aliphatic carbocycles. The first kappa shape index (κ1) is 13.9. The molecule has 3 heteroatoms. The van der Waals surface area contributed by atoms with Gasteiger partial charge in [-0.1, -0.05) is 60.7 Å². The van der Waals surface area contributed by atoms with E-state index in [1.807, 2.05) is 72.8 Å². The standard InChI is InChI=1S/C22H13NO2/c24-21-18-9-5-4-8-16(18)17-11-10-15(12-19(17)21)22-23-13-20(25-22)14-6-2-1-3-7-14/h1-13H. The molecule has 118 valence electrons. The Morgan fingerprint density at radius 1 is 0.680 bits per heavy atom. The van der Waals surface area contributed by atoms with Crippen molar-refractivity contribution in [2.45, 2.75) is 0 Å². The van der Waals surface area contributed by atoms with E-state index >= 15 is 0 Å². The van der Waals surface area contributed by atoms with Crippen molar-refractivity contribution >= 4 is 5.78 Å². The van der Waals surface area contributed by atoms with Gasteiger partial charge in [-0.25, -0.2) is 4.98 Å². The Bertz CT molecular complexity index is 1110. The van der Waals surface area contributed by atoms with E-state index in [9.17, 15) is 4.79 Å². The van der Waals surface area contributed by atoms with Crippen LogP contribution in [0.2, 0.25) is 0 Å². The van der Waals surface area contributed by atoms with E-state index in [-0.39, 0.29) is 5.78 Å². The molecule has 5 rings (SSSR count). The van der Waals surface area contributed by atoms with Gasteiger partial charge >= 0.3 is 0 Å². The molecule has 0 bridgehead atoms. The fourth-order valence-electron chi connectivity index (χ4n) is 3.30. The number of aromatic nitrogens is 1. The maximum atomic E-state index is 12.6. The number of nitrogens with zero attached hydrogens (tertiary/aromatic N) is 1. The average Bonchev–Trinajstić information content (AvgIpc) is 3.27. The highest BCUT2D eigenvalue weighted by molar-refractivity contribution is 6.22. The summed E-state index contributed by atoms with van der Waals surface area (Å²) in [5.74, 6) is 1.29. The van der Waals surface area contributed by atoms with Crippen molar-refractivity contribution in [3.63, 3.8) is 0 Å².